The van der Waals surface area contributed by atoms with Crippen molar-refractivity contribution in [1.29, 1.82) is 0 Å². The molecule has 2 N–H and O–H groups in total. The Labute approximate surface area is 218 Å². The zero-order valence-electron chi connectivity index (χ0n) is 20.4. The maximum atomic E-state index is 13.4. The lowest BCUT2D eigenvalue weighted by molar-refractivity contribution is -0.137. The van der Waals surface area contributed by atoms with Crippen LogP contribution in [0.25, 0.3) is 11.1 Å². The zero-order chi connectivity index (χ0) is 26.4. The van der Waals surface area contributed by atoms with Gasteiger partial charge in [0.2, 0.25) is 5.91 Å². The number of alkyl carbamates (subject to hydrolysis) is 1. The molecule has 3 amide bonds. The van der Waals surface area contributed by atoms with E-state index in [9.17, 15) is 24.3 Å². The molecule has 6 rings (SSSR count). The van der Waals surface area contributed by atoms with E-state index in [1.54, 1.807) is 24.3 Å². The van der Waals surface area contributed by atoms with Crippen LogP contribution < -0.4 is 10.2 Å². The number of rotatable bonds is 5. The van der Waals surface area contributed by atoms with Gasteiger partial charge in [-0.1, -0.05) is 60.7 Å². The third kappa shape index (κ3) is 3.96. The van der Waals surface area contributed by atoms with Crippen molar-refractivity contribution in [3.63, 3.8) is 0 Å². The molecule has 0 saturated carbocycles. The predicted molar refractivity (Wildman–Crippen MR) is 138 cm³/mol. The van der Waals surface area contributed by atoms with Crippen LogP contribution in [-0.2, 0) is 14.3 Å². The molecule has 1 unspecified atom stereocenters. The molecule has 9 heteroatoms. The van der Waals surface area contributed by atoms with Gasteiger partial charge in [0.05, 0.1) is 17.3 Å². The van der Waals surface area contributed by atoms with E-state index in [1.165, 1.54) is 4.90 Å². The van der Waals surface area contributed by atoms with Crippen molar-refractivity contribution in [2.24, 2.45) is 0 Å². The summed E-state index contributed by atoms with van der Waals surface area (Å²) < 4.78 is 5.64. The van der Waals surface area contributed by atoms with Crippen molar-refractivity contribution in [2.75, 3.05) is 24.6 Å². The van der Waals surface area contributed by atoms with Crippen molar-refractivity contribution in [3.8, 4) is 11.1 Å². The monoisotopic (exact) mass is 511 g/mol. The van der Waals surface area contributed by atoms with Crippen molar-refractivity contribution < 1.29 is 29.0 Å². The largest absolute Gasteiger partial charge is 0.480 e. The van der Waals surface area contributed by atoms with Crippen LogP contribution in [-0.4, -0.2) is 65.7 Å². The highest BCUT2D eigenvalue weighted by Crippen LogP contribution is 2.44. The number of benzene rings is 3. The van der Waals surface area contributed by atoms with Crippen LogP contribution in [0.3, 0.4) is 0 Å². The molecule has 9 nitrogen and oxygen atoms in total. The Morgan fingerprint density at radius 3 is 2.16 bits per heavy atom. The minimum atomic E-state index is -1.18. The quantitative estimate of drug-likeness (QED) is 0.543. The van der Waals surface area contributed by atoms with Gasteiger partial charge >= 0.3 is 12.1 Å². The maximum Gasteiger partial charge on any atom is 0.407 e. The Balaban J connectivity index is 1.16. The molecule has 2 aliphatic heterocycles. The Bertz CT molecular complexity index is 1420. The Kier molecular flexibility index (Phi) is 5.83. The highest BCUT2D eigenvalue weighted by molar-refractivity contribution is 6.12. The summed E-state index contributed by atoms with van der Waals surface area (Å²) >= 11 is 0. The van der Waals surface area contributed by atoms with Crippen molar-refractivity contribution in [2.45, 2.75) is 24.4 Å². The number of hydrogen-bond acceptors (Lipinski definition) is 5. The van der Waals surface area contributed by atoms with Crippen molar-refractivity contribution in [1.82, 2.24) is 10.2 Å². The number of aliphatic carboxylic acids is 1. The summed E-state index contributed by atoms with van der Waals surface area (Å²) in [5, 5.41) is 12.2. The molecule has 0 spiro atoms. The van der Waals surface area contributed by atoms with E-state index in [2.05, 4.69) is 17.4 Å². The average molecular weight is 512 g/mol. The van der Waals surface area contributed by atoms with Gasteiger partial charge in [-0.3, -0.25) is 19.3 Å². The van der Waals surface area contributed by atoms with Crippen LogP contribution in [0.5, 0.6) is 0 Å². The smallest absolute Gasteiger partial charge is 0.407 e. The normalized spacial score (nSPS) is 19.8. The van der Waals surface area contributed by atoms with E-state index in [4.69, 9.17) is 4.74 Å². The summed E-state index contributed by atoms with van der Waals surface area (Å²) in [6.45, 7) is -0.288. The summed E-state index contributed by atoms with van der Waals surface area (Å²) in [7, 11) is 0. The number of carboxylic acid groups (broad SMARTS) is 1. The van der Waals surface area contributed by atoms with E-state index in [1.807, 2.05) is 36.4 Å². The van der Waals surface area contributed by atoms with E-state index < -0.39 is 36.6 Å². The Hall–Kier alpha value is -4.66. The highest BCUT2D eigenvalue weighted by atomic mass is 16.5. The van der Waals surface area contributed by atoms with Gasteiger partial charge in [-0.25, -0.2) is 4.79 Å². The van der Waals surface area contributed by atoms with Gasteiger partial charge in [0.1, 0.15) is 19.2 Å². The molecule has 2 atom stereocenters. The number of hydrogen-bond donors (Lipinski definition) is 2. The molecular formula is C29H25N3O6. The van der Waals surface area contributed by atoms with Gasteiger partial charge in [0.15, 0.2) is 0 Å². The molecule has 0 bridgehead atoms. The molecule has 1 fully saturated rings. The van der Waals surface area contributed by atoms with Gasteiger partial charge in [-0.15, -0.1) is 0 Å². The summed E-state index contributed by atoms with van der Waals surface area (Å²) in [6.07, 6.45) is -0.462. The second kappa shape index (κ2) is 9.33. The molecule has 3 aromatic carbocycles. The Morgan fingerprint density at radius 2 is 1.50 bits per heavy atom. The third-order valence-corrected chi connectivity index (χ3v) is 7.50. The SMILES string of the molecule is O=C(O)CN1C(=O)C2C[C@H](NC(=O)OCC3c4ccccc4-c4ccccc43)CN2C(=O)c2ccccc21. The number of carboxylic acids is 1. The number of nitrogens with one attached hydrogen (secondary N) is 1. The van der Waals surface area contributed by atoms with Crippen LogP contribution in [0.4, 0.5) is 10.5 Å². The molecule has 0 aromatic heterocycles. The topological polar surface area (TPSA) is 116 Å². The van der Waals surface area contributed by atoms with E-state index >= 15 is 0 Å². The van der Waals surface area contributed by atoms with E-state index in [0.29, 0.717) is 0 Å². The molecular weight excluding hydrogens is 486 g/mol. The molecule has 38 heavy (non-hydrogen) atoms. The van der Waals surface area contributed by atoms with Crippen molar-refractivity contribution >= 4 is 29.6 Å². The van der Waals surface area contributed by atoms with Gasteiger partial charge in [-0.05, 0) is 40.8 Å². The maximum absolute atomic E-state index is 13.4. The predicted octanol–water partition coefficient (Wildman–Crippen LogP) is 3.24. The van der Waals surface area contributed by atoms with Crippen LogP contribution in [0.1, 0.15) is 33.8 Å². The lowest BCUT2D eigenvalue weighted by atomic mass is 9.98. The van der Waals surface area contributed by atoms with Gasteiger partial charge in [0, 0.05) is 12.5 Å². The number of ether oxygens (including phenoxy) is 1. The number of fused-ring (bicyclic) bond motifs is 5. The van der Waals surface area contributed by atoms with Crippen LogP contribution in [0.2, 0.25) is 0 Å². The first-order valence-electron chi connectivity index (χ1n) is 12.5. The molecule has 3 aromatic rings. The van der Waals surface area contributed by atoms with Gasteiger partial charge in [0.25, 0.3) is 5.91 Å². The minimum Gasteiger partial charge on any atom is -0.480 e. The number of nitrogens with zero attached hydrogens (tertiary/aromatic N) is 2. The number of carbonyl (C=O) groups excluding carboxylic acids is 3. The second-order valence-electron chi connectivity index (χ2n) is 9.71. The highest BCUT2D eigenvalue weighted by Gasteiger charge is 2.46. The first kappa shape index (κ1) is 23.7. The summed E-state index contributed by atoms with van der Waals surface area (Å²) in [6, 6.07) is 21.2. The van der Waals surface area contributed by atoms with E-state index in [-0.39, 0.29) is 42.6 Å². The molecule has 0 radical (unpaired) electrons. The average Bonchev–Trinajstić information content (AvgIpc) is 3.47. The van der Waals surface area contributed by atoms with Crippen LogP contribution in [0.15, 0.2) is 72.8 Å². The molecule has 2 heterocycles. The number of carbonyl (C=O) groups is 4. The zero-order valence-corrected chi connectivity index (χ0v) is 20.4. The fourth-order valence-corrected chi connectivity index (χ4v) is 5.85. The number of anilines is 1. The fourth-order valence-electron chi connectivity index (χ4n) is 5.85. The molecule has 3 aliphatic rings. The summed E-state index contributed by atoms with van der Waals surface area (Å²) in [5.74, 6) is -2.12. The van der Waals surface area contributed by atoms with Gasteiger partial charge < -0.3 is 20.1 Å². The lowest BCUT2D eigenvalue weighted by Crippen LogP contribution is -2.46. The van der Waals surface area contributed by atoms with Crippen LogP contribution in [0, 0.1) is 0 Å². The molecule has 192 valence electrons. The second-order valence-corrected chi connectivity index (χ2v) is 9.71. The fraction of sp³-hybridized carbons (Fsp3) is 0.241. The summed E-state index contributed by atoms with van der Waals surface area (Å²) in [4.78, 5) is 53.5. The number of para-hydroxylation sites is 1. The van der Waals surface area contributed by atoms with Crippen LogP contribution >= 0.6 is 0 Å². The first-order valence-corrected chi connectivity index (χ1v) is 12.5. The standard InChI is InChI=1S/C29H25N3O6/c33-26(34)15-32-24-12-6-5-11-22(24)27(35)31-14-17(13-25(31)28(32)36)30-29(37)38-16-23-20-9-3-1-7-18(20)19-8-2-4-10-21(19)23/h1-12,17,23,25H,13-16H2,(H,30,37)(H,33,34)/t17-,25?/m0/s1. The molecule has 1 saturated heterocycles. The third-order valence-electron chi connectivity index (χ3n) is 7.50. The summed E-state index contributed by atoms with van der Waals surface area (Å²) in [5.41, 5.74) is 4.99. The Morgan fingerprint density at radius 1 is 0.895 bits per heavy atom. The van der Waals surface area contributed by atoms with E-state index in [0.717, 1.165) is 27.2 Å². The van der Waals surface area contributed by atoms with Gasteiger partial charge in [-0.2, -0.15) is 0 Å². The molecule has 1 aliphatic carbocycles. The minimum absolute atomic E-state index is 0.0872. The first-order chi connectivity index (χ1) is 18.4. The van der Waals surface area contributed by atoms with Crippen molar-refractivity contribution in [3.05, 3.63) is 89.5 Å². The number of amides is 3. The lowest BCUT2D eigenvalue weighted by Gasteiger charge is -2.24.